The zero-order valence-corrected chi connectivity index (χ0v) is 14.1. The maximum atomic E-state index is 12.2. The van der Waals surface area contributed by atoms with Gasteiger partial charge in [-0.15, -0.1) is 0 Å². The lowest BCUT2D eigenvalue weighted by Gasteiger charge is -2.24. The molecule has 0 amide bonds. The van der Waals surface area contributed by atoms with Crippen molar-refractivity contribution in [2.45, 2.75) is 12.8 Å². The van der Waals surface area contributed by atoms with Crippen LogP contribution in [0.2, 0.25) is 0 Å². The van der Waals surface area contributed by atoms with E-state index >= 15 is 0 Å². The van der Waals surface area contributed by atoms with Gasteiger partial charge in [-0.1, -0.05) is 0 Å². The molecule has 1 atom stereocenters. The molecule has 2 aliphatic rings. The number of aromatic nitrogens is 5. The maximum Gasteiger partial charge on any atom is 0.325 e. The van der Waals surface area contributed by atoms with Crippen LogP contribution in [0.15, 0.2) is 34.2 Å². The van der Waals surface area contributed by atoms with Crippen molar-refractivity contribution in [2.24, 2.45) is 5.41 Å². The second kappa shape index (κ2) is 5.53. The molecule has 1 unspecified atom stereocenters. The van der Waals surface area contributed by atoms with E-state index in [-0.39, 0.29) is 5.41 Å². The van der Waals surface area contributed by atoms with Crippen LogP contribution in [0.4, 0.5) is 5.69 Å². The molecule has 5 heterocycles. The summed E-state index contributed by atoms with van der Waals surface area (Å²) < 4.78 is 7.29. The zero-order valence-electron chi connectivity index (χ0n) is 14.1. The van der Waals surface area contributed by atoms with Gasteiger partial charge in [-0.3, -0.25) is 9.78 Å². The SMILES string of the molecule is O=c1[nH]cc(-c2cc(N3CCC4(CCOC4)C3)c3nccn3n2)c(=O)[nH]1. The fraction of sp³-hybridized carbons (Fsp3) is 0.412. The van der Waals surface area contributed by atoms with Crippen molar-refractivity contribution in [1.29, 1.82) is 0 Å². The Morgan fingerprint density at radius 1 is 1.27 bits per heavy atom. The minimum absolute atomic E-state index is 0.211. The summed E-state index contributed by atoms with van der Waals surface area (Å²) in [6.07, 6.45) is 7.00. The van der Waals surface area contributed by atoms with Crippen LogP contribution in [0.1, 0.15) is 12.8 Å². The smallest absolute Gasteiger partial charge is 0.325 e. The largest absolute Gasteiger partial charge is 0.381 e. The number of H-pyrrole nitrogens is 2. The molecule has 9 nitrogen and oxygen atoms in total. The monoisotopic (exact) mass is 354 g/mol. The van der Waals surface area contributed by atoms with E-state index in [9.17, 15) is 9.59 Å². The summed E-state index contributed by atoms with van der Waals surface area (Å²) in [5.74, 6) is 0. The van der Waals surface area contributed by atoms with E-state index in [4.69, 9.17) is 4.74 Å². The standard InChI is InChI=1S/C17H18N6O3/c24-15-11(8-19-16(25)20-15)12-7-13(14-18-3-5-23(14)21-12)22-4-1-17(9-22)2-6-26-10-17/h3,5,7-8H,1-2,4,6,9-10H2,(H2,19,20,24,25). The number of nitrogens with zero attached hydrogens (tertiary/aromatic N) is 4. The summed E-state index contributed by atoms with van der Waals surface area (Å²) >= 11 is 0. The minimum atomic E-state index is -0.537. The van der Waals surface area contributed by atoms with Gasteiger partial charge >= 0.3 is 5.69 Å². The van der Waals surface area contributed by atoms with Crippen molar-refractivity contribution < 1.29 is 4.74 Å². The number of hydrogen-bond acceptors (Lipinski definition) is 6. The van der Waals surface area contributed by atoms with Crippen LogP contribution in [0.25, 0.3) is 16.9 Å². The van der Waals surface area contributed by atoms with Gasteiger partial charge in [0.1, 0.15) is 5.69 Å². The van der Waals surface area contributed by atoms with Crippen LogP contribution in [0.3, 0.4) is 0 Å². The molecule has 9 heteroatoms. The molecule has 0 saturated carbocycles. The van der Waals surface area contributed by atoms with Crippen LogP contribution in [0, 0.1) is 5.41 Å². The average molecular weight is 354 g/mol. The highest BCUT2D eigenvalue weighted by Gasteiger charge is 2.42. The number of ether oxygens (including phenoxy) is 1. The van der Waals surface area contributed by atoms with E-state index in [1.165, 1.54) is 6.20 Å². The second-order valence-corrected chi connectivity index (χ2v) is 7.07. The molecule has 0 aromatic carbocycles. The van der Waals surface area contributed by atoms with E-state index in [1.807, 2.05) is 6.07 Å². The molecular formula is C17H18N6O3. The Kier molecular flexibility index (Phi) is 3.26. The van der Waals surface area contributed by atoms with Gasteiger partial charge in [0.2, 0.25) is 0 Å². The summed E-state index contributed by atoms with van der Waals surface area (Å²) in [4.78, 5) is 35.0. The number of rotatable bonds is 2. The van der Waals surface area contributed by atoms with Gasteiger partial charge in [0.15, 0.2) is 5.65 Å². The average Bonchev–Trinajstić information content (AvgIpc) is 3.36. The molecule has 26 heavy (non-hydrogen) atoms. The molecule has 0 radical (unpaired) electrons. The molecule has 134 valence electrons. The molecule has 2 fully saturated rings. The summed E-state index contributed by atoms with van der Waals surface area (Å²) in [6.45, 7) is 3.44. The summed E-state index contributed by atoms with van der Waals surface area (Å²) in [6, 6.07) is 1.88. The van der Waals surface area contributed by atoms with Crippen molar-refractivity contribution in [2.75, 3.05) is 31.2 Å². The Morgan fingerprint density at radius 2 is 2.19 bits per heavy atom. The zero-order chi connectivity index (χ0) is 17.7. The highest BCUT2D eigenvalue weighted by molar-refractivity contribution is 5.74. The summed E-state index contributed by atoms with van der Waals surface area (Å²) in [5, 5.41) is 4.48. The number of nitrogens with one attached hydrogen (secondary N) is 2. The molecule has 1 spiro atoms. The lowest BCUT2D eigenvalue weighted by atomic mass is 9.87. The fourth-order valence-corrected chi connectivity index (χ4v) is 3.98. The topological polar surface area (TPSA) is 108 Å². The molecule has 2 aliphatic heterocycles. The van der Waals surface area contributed by atoms with Crippen molar-refractivity contribution >= 4 is 11.3 Å². The third-order valence-corrected chi connectivity index (χ3v) is 5.40. The van der Waals surface area contributed by atoms with Crippen LogP contribution in [0.5, 0.6) is 0 Å². The lowest BCUT2D eigenvalue weighted by molar-refractivity contribution is 0.160. The third kappa shape index (κ3) is 2.35. The Hall–Kier alpha value is -2.94. The normalized spacial score (nSPS) is 22.7. The van der Waals surface area contributed by atoms with E-state index in [1.54, 1.807) is 16.9 Å². The number of imidazole rings is 1. The van der Waals surface area contributed by atoms with Crippen molar-refractivity contribution in [3.05, 3.63) is 45.5 Å². The van der Waals surface area contributed by atoms with Crippen molar-refractivity contribution in [1.82, 2.24) is 24.6 Å². The van der Waals surface area contributed by atoms with Crippen LogP contribution < -0.4 is 16.1 Å². The Labute approximate surface area is 147 Å². The van der Waals surface area contributed by atoms with Gasteiger partial charge in [-0.25, -0.2) is 14.3 Å². The highest BCUT2D eigenvalue weighted by Crippen LogP contribution is 2.41. The Morgan fingerprint density at radius 3 is 3.00 bits per heavy atom. The highest BCUT2D eigenvalue weighted by atomic mass is 16.5. The second-order valence-electron chi connectivity index (χ2n) is 7.07. The molecule has 5 rings (SSSR count). The van der Waals surface area contributed by atoms with Gasteiger partial charge in [0, 0.05) is 43.7 Å². The van der Waals surface area contributed by atoms with Crippen LogP contribution in [-0.4, -0.2) is 50.9 Å². The van der Waals surface area contributed by atoms with Gasteiger partial charge in [-0.2, -0.15) is 5.10 Å². The number of fused-ring (bicyclic) bond motifs is 1. The van der Waals surface area contributed by atoms with Crippen molar-refractivity contribution in [3.8, 4) is 11.3 Å². The van der Waals surface area contributed by atoms with Gasteiger partial charge < -0.3 is 14.6 Å². The van der Waals surface area contributed by atoms with E-state index < -0.39 is 11.2 Å². The third-order valence-electron chi connectivity index (χ3n) is 5.40. The predicted octanol–water partition coefficient (Wildman–Crippen LogP) is 0.390. The molecular weight excluding hydrogens is 336 g/mol. The first-order chi connectivity index (χ1) is 12.6. The van der Waals surface area contributed by atoms with Gasteiger partial charge in [-0.05, 0) is 18.9 Å². The van der Waals surface area contributed by atoms with Crippen LogP contribution >= 0.6 is 0 Å². The molecule has 3 aromatic heterocycles. The van der Waals surface area contributed by atoms with Gasteiger partial charge in [0.25, 0.3) is 5.56 Å². The quantitative estimate of drug-likeness (QED) is 0.689. The van der Waals surface area contributed by atoms with E-state index in [0.717, 1.165) is 50.5 Å². The summed E-state index contributed by atoms with van der Waals surface area (Å²) in [7, 11) is 0. The molecule has 0 aliphatic carbocycles. The van der Waals surface area contributed by atoms with E-state index in [0.29, 0.717) is 11.3 Å². The molecule has 2 saturated heterocycles. The van der Waals surface area contributed by atoms with E-state index in [2.05, 4.69) is 25.0 Å². The first-order valence-electron chi connectivity index (χ1n) is 8.63. The fourth-order valence-electron chi connectivity index (χ4n) is 3.98. The molecule has 2 N–H and O–H groups in total. The lowest BCUT2D eigenvalue weighted by Crippen LogP contribution is -2.28. The minimum Gasteiger partial charge on any atom is -0.381 e. The molecule has 3 aromatic rings. The first kappa shape index (κ1) is 15.3. The summed E-state index contributed by atoms with van der Waals surface area (Å²) in [5.41, 5.74) is 1.72. The molecule has 0 bridgehead atoms. The Balaban J connectivity index is 1.62. The predicted molar refractivity (Wildman–Crippen MR) is 94.4 cm³/mol. The van der Waals surface area contributed by atoms with Crippen molar-refractivity contribution in [3.63, 3.8) is 0 Å². The number of aromatic amines is 2. The first-order valence-corrected chi connectivity index (χ1v) is 8.63. The number of hydrogen-bond donors (Lipinski definition) is 2. The van der Waals surface area contributed by atoms with Gasteiger partial charge in [0.05, 0.1) is 17.9 Å². The Bertz CT molecular complexity index is 1090. The van der Waals surface area contributed by atoms with Crippen LogP contribution in [-0.2, 0) is 4.74 Å². The number of anilines is 1. The maximum absolute atomic E-state index is 12.2.